The second-order valence-electron chi connectivity index (χ2n) is 7.95. The fourth-order valence-electron chi connectivity index (χ4n) is 3.80. The van der Waals surface area contributed by atoms with Crippen LogP contribution < -0.4 is 14.9 Å². The van der Waals surface area contributed by atoms with Crippen LogP contribution in [0.25, 0.3) is 11.0 Å². The van der Waals surface area contributed by atoms with Crippen molar-refractivity contribution in [3.05, 3.63) is 46.8 Å². The SMILES string of the molecule is CCc1nnc(NS(=O)(=O)c2ccc(NC(=S)N3CCN(c4ncnc5[nH]cc(Cl)c45)CC3)cc2)s1. The number of H-pyrrole nitrogens is 1. The summed E-state index contributed by atoms with van der Waals surface area (Å²) in [5, 5.41) is 14.0. The van der Waals surface area contributed by atoms with Crippen molar-refractivity contribution in [2.24, 2.45) is 0 Å². The third kappa shape index (κ3) is 5.07. The molecule has 1 saturated heterocycles. The summed E-state index contributed by atoms with van der Waals surface area (Å²) in [6.07, 6.45) is 3.93. The second-order valence-corrected chi connectivity index (χ2v) is 11.5. The summed E-state index contributed by atoms with van der Waals surface area (Å²) in [5.41, 5.74) is 1.40. The molecule has 188 valence electrons. The zero-order valence-electron chi connectivity index (χ0n) is 19.1. The Labute approximate surface area is 222 Å². The number of hydrogen-bond acceptors (Lipinski definition) is 9. The molecular weight excluding hydrogens is 542 g/mol. The predicted octanol–water partition coefficient (Wildman–Crippen LogP) is 3.35. The molecule has 0 bridgehead atoms. The van der Waals surface area contributed by atoms with Crippen LogP contribution in [0.2, 0.25) is 5.02 Å². The predicted molar refractivity (Wildman–Crippen MR) is 145 cm³/mol. The first kappa shape index (κ1) is 24.6. The third-order valence-electron chi connectivity index (χ3n) is 5.67. The largest absolute Gasteiger partial charge is 0.352 e. The van der Waals surface area contributed by atoms with Crippen LogP contribution in [-0.2, 0) is 16.4 Å². The van der Waals surface area contributed by atoms with Crippen LogP contribution in [0.1, 0.15) is 11.9 Å². The molecule has 15 heteroatoms. The molecule has 1 fully saturated rings. The number of piperazine rings is 1. The Morgan fingerprint density at radius 1 is 1.17 bits per heavy atom. The van der Waals surface area contributed by atoms with Crippen LogP contribution in [0.3, 0.4) is 0 Å². The van der Waals surface area contributed by atoms with E-state index >= 15 is 0 Å². The minimum Gasteiger partial charge on any atom is -0.352 e. The Morgan fingerprint density at radius 3 is 2.61 bits per heavy atom. The molecule has 1 aliphatic heterocycles. The Balaban J connectivity index is 1.19. The highest BCUT2D eigenvalue weighted by Gasteiger charge is 2.23. The maximum absolute atomic E-state index is 12.7. The van der Waals surface area contributed by atoms with Crippen molar-refractivity contribution >= 4 is 78.0 Å². The van der Waals surface area contributed by atoms with Gasteiger partial charge in [-0.25, -0.2) is 18.4 Å². The molecule has 0 aliphatic carbocycles. The average molecular weight is 564 g/mol. The van der Waals surface area contributed by atoms with Crippen molar-refractivity contribution in [1.29, 1.82) is 0 Å². The van der Waals surface area contributed by atoms with Gasteiger partial charge in [0.15, 0.2) is 5.11 Å². The van der Waals surface area contributed by atoms with Gasteiger partial charge >= 0.3 is 0 Å². The lowest BCUT2D eigenvalue weighted by Gasteiger charge is -2.37. The van der Waals surface area contributed by atoms with Crippen molar-refractivity contribution in [3.8, 4) is 0 Å². The topological polar surface area (TPSA) is 132 Å². The number of benzene rings is 1. The summed E-state index contributed by atoms with van der Waals surface area (Å²) < 4.78 is 27.8. The quantitative estimate of drug-likeness (QED) is 0.300. The number of nitrogens with zero attached hydrogens (tertiary/aromatic N) is 6. The van der Waals surface area contributed by atoms with Gasteiger partial charge in [-0.05, 0) is 42.9 Å². The molecule has 1 aromatic carbocycles. The number of halogens is 1. The number of fused-ring (bicyclic) bond motifs is 1. The molecule has 3 aromatic heterocycles. The molecule has 0 amide bonds. The van der Waals surface area contributed by atoms with Gasteiger partial charge in [0.2, 0.25) is 5.13 Å². The van der Waals surface area contributed by atoms with Gasteiger partial charge in [-0.1, -0.05) is 29.9 Å². The molecule has 5 rings (SSSR count). The van der Waals surface area contributed by atoms with Crippen LogP contribution in [0.5, 0.6) is 0 Å². The van der Waals surface area contributed by atoms with Crippen LogP contribution in [-0.4, -0.2) is 69.8 Å². The van der Waals surface area contributed by atoms with E-state index in [9.17, 15) is 8.42 Å². The van der Waals surface area contributed by atoms with E-state index in [0.29, 0.717) is 54.1 Å². The Morgan fingerprint density at radius 2 is 1.92 bits per heavy atom. The third-order valence-corrected chi connectivity index (χ3v) is 8.80. The van der Waals surface area contributed by atoms with Gasteiger partial charge in [0.1, 0.15) is 22.8 Å². The van der Waals surface area contributed by atoms with Crippen LogP contribution in [0.4, 0.5) is 16.6 Å². The van der Waals surface area contributed by atoms with E-state index in [1.54, 1.807) is 18.3 Å². The van der Waals surface area contributed by atoms with Gasteiger partial charge in [0.05, 0.1) is 15.3 Å². The fraction of sp³-hybridized carbons (Fsp3) is 0.286. The first-order valence-corrected chi connectivity index (χ1v) is 14.2. The number of aromatic amines is 1. The minimum atomic E-state index is -3.76. The molecule has 4 heterocycles. The molecule has 36 heavy (non-hydrogen) atoms. The Kier molecular flexibility index (Phi) is 6.92. The highest BCUT2D eigenvalue weighted by atomic mass is 35.5. The molecule has 0 radical (unpaired) electrons. The molecule has 4 aromatic rings. The fourth-order valence-corrected chi connectivity index (χ4v) is 6.24. The lowest BCUT2D eigenvalue weighted by molar-refractivity contribution is 0.390. The summed E-state index contributed by atoms with van der Waals surface area (Å²) in [4.78, 5) is 16.1. The smallest absolute Gasteiger partial charge is 0.263 e. The number of sulfonamides is 1. The van der Waals surface area contributed by atoms with Gasteiger partial charge < -0.3 is 20.1 Å². The second kappa shape index (κ2) is 10.1. The van der Waals surface area contributed by atoms with E-state index in [-0.39, 0.29) is 10.0 Å². The standard InChI is InChI=1S/C21H22ClN9O2S3/c1-2-16-27-28-20(35-16)29-36(32,33)14-5-3-13(4-6-14)26-21(34)31-9-7-30(8-10-31)19-17-15(22)11-23-18(17)24-12-25-19/h3-6,11-12H,2,7-10H2,1H3,(H,26,34)(H,28,29)(H,23,24,25). The van der Waals surface area contributed by atoms with E-state index in [4.69, 9.17) is 23.8 Å². The number of aromatic nitrogens is 5. The summed E-state index contributed by atoms with van der Waals surface area (Å²) in [6.45, 7) is 4.74. The maximum atomic E-state index is 12.7. The molecule has 0 saturated carbocycles. The van der Waals surface area contributed by atoms with Gasteiger partial charge in [0, 0.05) is 38.1 Å². The van der Waals surface area contributed by atoms with Gasteiger partial charge in [-0.15, -0.1) is 10.2 Å². The van der Waals surface area contributed by atoms with Crippen LogP contribution >= 0.6 is 35.2 Å². The van der Waals surface area contributed by atoms with Crippen LogP contribution in [0, 0.1) is 0 Å². The van der Waals surface area contributed by atoms with E-state index in [1.807, 2.05) is 6.92 Å². The number of hydrogen-bond donors (Lipinski definition) is 3. The van der Waals surface area contributed by atoms with Crippen LogP contribution in [0.15, 0.2) is 41.7 Å². The molecule has 0 unspecified atom stereocenters. The highest BCUT2D eigenvalue weighted by Crippen LogP contribution is 2.30. The Hall–Kier alpha value is -3.07. The number of nitrogens with one attached hydrogen (secondary N) is 3. The summed E-state index contributed by atoms with van der Waals surface area (Å²) >= 11 is 13.1. The zero-order valence-corrected chi connectivity index (χ0v) is 22.3. The van der Waals surface area contributed by atoms with Crippen molar-refractivity contribution in [2.45, 2.75) is 18.2 Å². The number of anilines is 3. The van der Waals surface area contributed by atoms with E-state index in [0.717, 1.165) is 16.2 Å². The molecule has 0 atom stereocenters. The zero-order chi connectivity index (χ0) is 25.3. The van der Waals surface area contributed by atoms with Gasteiger partial charge in [-0.2, -0.15) is 0 Å². The monoisotopic (exact) mass is 563 g/mol. The van der Waals surface area contributed by atoms with Gasteiger partial charge in [-0.3, -0.25) is 4.72 Å². The Bertz CT molecular complexity index is 1500. The highest BCUT2D eigenvalue weighted by molar-refractivity contribution is 7.93. The molecular formula is C21H22ClN9O2S3. The molecule has 11 nitrogen and oxygen atoms in total. The van der Waals surface area contributed by atoms with Crippen molar-refractivity contribution in [3.63, 3.8) is 0 Å². The first-order chi connectivity index (χ1) is 17.3. The summed E-state index contributed by atoms with van der Waals surface area (Å²) in [6, 6.07) is 6.41. The van der Waals surface area contributed by atoms with Crippen molar-refractivity contribution in [1.82, 2.24) is 30.0 Å². The summed E-state index contributed by atoms with van der Waals surface area (Å²) in [7, 11) is -3.76. The number of aryl methyl sites for hydroxylation is 1. The van der Waals surface area contributed by atoms with Gasteiger partial charge in [0.25, 0.3) is 10.0 Å². The van der Waals surface area contributed by atoms with Crippen molar-refractivity contribution in [2.75, 3.05) is 41.1 Å². The molecule has 3 N–H and O–H groups in total. The minimum absolute atomic E-state index is 0.125. The lowest BCUT2D eigenvalue weighted by atomic mass is 10.2. The van der Waals surface area contributed by atoms with E-state index in [1.165, 1.54) is 29.8 Å². The van der Waals surface area contributed by atoms with E-state index < -0.39 is 10.0 Å². The molecule has 1 aliphatic rings. The lowest BCUT2D eigenvalue weighted by Crippen LogP contribution is -2.50. The maximum Gasteiger partial charge on any atom is 0.263 e. The van der Waals surface area contributed by atoms with Crippen molar-refractivity contribution < 1.29 is 8.42 Å². The normalized spacial score (nSPS) is 14.3. The molecule has 0 spiro atoms. The first-order valence-electron chi connectivity index (χ1n) is 11.1. The number of thiocarbonyl (C=S) groups is 1. The number of rotatable bonds is 6. The summed E-state index contributed by atoms with van der Waals surface area (Å²) in [5.74, 6) is 0.801. The van der Waals surface area contributed by atoms with E-state index in [2.05, 4.69) is 45.0 Å². The average Bonchev–Trinajstić information content (AvgIpc) is 3.50.